The Morgan fingerprint density at radius 2 is 1.09 bits per heavy atom. The van der Waals surface area contributed by atoms with Crippen LogP contribution in [0.5, 0.6) is 0 Å². The maximum Gasteiger partial charge on any atom is 0.220 e. The highest BCUT2D eigenvalue weighted by Crippen LogP contribution is 2.22. The summed E-state index contributed by atoms with van der Waals surface area (Å²) in [5.41, 5.74) is 0. The molecule has 0 aromatic rings. The SMILES string of the molecule is CCC/C=C\CCCCCCCC/C=C/[C@@H](O)[C@H](CO[C@@H]1O[C@H](CO)[C@@H](O)C(O)C1O)NC(=O)CCCCCCCCC/C=C\CCCCCCCC. The number of carbonyl (C=O) groups is 1. The van der Waals surface area contributed by atoms with Gasteiger partial charge in [0.1, 0.15) is 24.4 Å². The van der Waals surface area contributed by atoms with Crippen molar-refractivity contribution in [2.75, 3.05) is 13.2 Å². The fraction of sp³-hybridized carbons (Fsp3) is 0.841. The number of allylic oxidation sites excluding steroid dienone is 5. The molecule has 1 saturated heterocycles. The molecule has 0 aromatic carbocycles. The van der Waals surface area contributed by atoms with Gasteiger partial charge in [-0.25, -0.2) is 0 Å². The van der Waals surface area contributed by atoms with Gasteiger partial charge in [-0.15, -0.1) is 0 Å². The number of rotatable bonds is 35. The molecular weight excluding hydrogens is 670 g/mol. The zero-order valence-corrected chi connectivity index (χ0v) is 33.8. The molecule has 53 heavy (non-hydrogen) atoms. The van der Waals surface area contributed by atoms with E-state index < -0.39 is 49.5 Å². The van der Waals surface area contributed by atoms with Crippen LogP contribution in [0, 0.1) is 0 Å². The highest BCUT2D eigenvalue weighted by atomic mass is 16.7. The van der Waals surface area contributed by atoms with Gasteiger partial charge in [-0.05, 0) is 64.2 Å². The van der Waals surface area contributed by atoms with E-state index in [4.69, 9.17) is 9.47 Å². The van der Waals surface area contributed by atoms with Gasteiger partial charge in [-0.2, -0.15) is 0 Å². The Kier molecular flexibility index (Phi) is 32.5. The van der Waals surface area contributed by atoms with Crippen molar-refractivity contribution in [2.24, 2.45) is 0 Å². The van der Waals surface area contributed by atoms with Crippen molar-refractivity contribution in [3.8, 4) is 0 Å². The maximum absolute atomic E-state index is 12.9. The van der Waals surface area contributed by atoms with Gasteiger partial charge in [-0.1, -0.05) is 147 Å². The van der Waals surface area contributed by atoms with Crippen LogP contribution in [-0.2, 0) is 14.3 Å². The summed E-state index contributed by atoms with van der Waals surface area (Å²) in [6.45, 7) is 3.69. The summed E-state index contributed by atoms with van der Waals surface area (Å²) in [5, 5.41) is 54.1. The standard InChI is InChI=1S/C44H81NO8/c1-3-5-7-9-11-13-15-17-18-19-20-22-24-26-28-30-32-34-40(48)45-37(36-52-44-43(51)42(50)41(49)39(35-46)53-44)38(47)33-31-29-27-25-23-21-16-14-12-10-8-6-4-2/h8,10,17-18,31,33,37-39,41-44,46-47,49-51H,3-7,9,11-16,19-30,32,34-36H2,1-2H3,(H,45,48)/b10-8-,18-17-,33-31+/t37-,38+,39+,41+,42?,43?,44+/m0/s1. The Bertz CT molecular complexity index is 925. The second-order valence-corrected chi connectivity index (χ2v) is 15.1. The minimum Gasteiger partial charge on any atom is -0.394 e. The molecule has 0 saturated carbocycles. The minimum absolute atomic E-state index is 0.187. The average molecular weight is 752 g/mol. The quantitative estimate of drug-likeness (QED) is 0.0279. The van der Waals surface area contributed by atoms with Gasteiger partial charge in [0.15, 0.2) is 6.29 Å². The number of aliphatic hydroxyl groups excluding tert-OH is 5. The molecular formula is C44H81NO8. The van der Waals surface area contributed by atoms with E-state index in [1.54, 1.807) is 6.08 Å². The molecule has 0 radical (unpaired) electrons. The summed E-state index contributed by atoms with van der Waals surface area (Å²) in [7, 11) is 0. The first-order chi connectivity index (χ1) is 25.8. The van der Waals surface area contributed by atoms with Crippen LogP contribution in [0.2, 0.25) is 0 Å². The molecule has 6 N–H and O–H groups in total. The van der Waals surface area contributed by atoms with Crippen molar-refractivity contribution in [1.82, 2.24) is 5.32 Å². The summed E-state index contributed by atoms with van der Waals surface area (Å²) in [6, 6.07) is -0.808. The number of nitrogens with one attached hydrogen (secondary N) is 1. The molecule has 7 atom stereocenters. The predicted octanol–water partition coefficient (Wildman–Crippen LogP) is 8.50. The van der Waals surface area contributed by atoms with Gasteiger partial charge in [0.25, 0.3) is 0 Å². The number of hydrogen-bond acceptors (Lipinski definition) is 8. The maximum atomic E-state index is 12.9. The number of hydrogen-bond donors (Lipinski definition) is 6. The smallest absolute Gasteiger partial charge is 0.220 e. The normalized spacial score (nSPS) is 22.0. The summed E-state index contributed by atoms with van der Waals surface area (Å²) in [4.78, 5) is 12.9. The molecule has 310 valence electrons. The van der Waals surface area contributed by atoms with E-state index in [0.29, 0.717) is 6.42 Å². The van der Waals surface area contributed by atoms with E-state index >= 15 is 0 Å². The van der Waals surface area contributed by atoms with Crippen LogP contribution in [0.15, 0.2) is 36.5 Å². The van der Waals surface area contributed by atoms with E-state index in [2.05, 4.69) is 43.5 Å². The first kappa shape index (κ1) is 49.4. The van der Waals surface area contributed by atoms with E-state index in [0.717, 1.165) is 51.4 Å². The lowest BCUT2D eigenvalue weighted by Gasteiger charge is -2.40. The predicted molar refractivity (Wildman–Crippen MR) is 216 cm³/mol. The molecule has 2 unspecified atom stereocenters. The third-order valence-corrected chi connectivity index (χ3v) is 10.2. The van der Waals surface area contributed by atoms with Gasteiger partial charge in [-0.3, -0.25) is 4.79 Å². The van der Waals surface area contributed by atoms with Gasteiger partial charge >= 0.3 is 0 Å². The first-order valence-corrected chi connectivity index (χ1v) is 21.7. The highest BCUT2D eigenvalue weighted by Gasteiger charge is 2.44. The Balaban J connectivity index is 2.39. The highest BCUT2D eigenvalue weighted by molar-refractivity contribution is 5.76. The van der Waals surface area contributed by atoms with Crippen LogP contribution >= 0.6 is 0 Å². The topological polar surface area (TPSA) is 149 Å². The fourth-order valence-corrected chi connectivity index (χ4v) is 6.62. The van der Waals surface area contributed by atoms with E-state index in [-0.39, 0.29) is 12.5 Å². The molecule has 1 amide bonds. The van der Waals surface area contributed by atoms with Crippen molar-refractivity contribution in [3.05, 3.63) is 36.5 Å². The zero-order valence-electron chi connectivity index (χ0n) is 33.8. The van der Waals surface area contributed by atoms with Crippen LogP contribution in [0.4, 0.5) is 0 Å². The van der Waals surface area contributed by atoms with Gasteiger partial charge < -0.3 is 40.3 Å². The second kappa shape index (κ2) is 34.9. The van der Waals surface area contributed by atoms with Crippen LogP contribution in [0.1, 0.15) is 181 Å². The molecule has 0 aliphatic carbocycles. The largest absolute Gasteiger partial charge is 0.394 e. The zero-order chi connectivity index (χ0) is 38.8. The molecule has 1 aliphatic rings. The molecule has 0 aromatic heterocycles. The minimum atomic E-state index is -1.57. The van der Waals surface area contributed by atoms with Gasteiger partial charge in [0.05, 0.1) is 25.4 Å². The molecule has 0 spiro atoms. The Morgan fingerprint density at radius 1 is 0.623 bits per heavy atom. The monoisotopic (exact) mass is 752 g/mol. The van der Waals surface area contributed by atoms with Crippen LogP contribution < -0.4 is 5.32 Å². The summed E-state index contributed by atoms with van der Waals surface area (Å²) in [5.74, 6) is -0.187. The molecule has 9 heteroatoms. The summed E-state index contributed by atoms with van der Waals surface area (Å²) in [6.07, 6.45) is 34.7. The third kappa shape index (κ3) is 26.0. The van der Waals surface area contributed by atoms with Crippen molar-refractivity contribution in [1.29, 1.82) is 0 Å². The van der Waals surface area contributed by atoms with Crippen LogP contribution in [0.3, 0.4) is 0 Å². The third-order valence-electron chi connectivity index (χ3n) is 10.2. The Labute approximate surface area is 323 Å². The van der Waals surface area contributed by atoms with Crippen molar-refractivity contribution in [2.45, 2.75) is 224 Å². The summed E-state index contributed by atoms with van der Waals surface area (Å²) < 4.78 is 11.2. The van der Waals surface area contributed by atoms with Crippen LogP contribution in [-0.4, -0.2) is 87.5 Å². The molecule has 9 nitrogen and oxygen atoms in total. The molecule has 1 aliphatic heterocycles. The Morgan fingerprint density at radius 3 is 1.60 bits per heavy atom. The van der Waals surface area contributed by atoms with Crippen LogP contribution in [0.25, 0.3) is 0 Å². The molecule has 1 fully saturated rings. The summed E-state index contributed by atoms with van der Waals surface area (Å²) >= 11 is 0. The van der Waals surface area contributed by atoms with E-state index in [9.17, 15) is 30.3 Å². The van der Waals surface area contributed by atoms with Gasteiger partial charge in [0, 0.05) is 6.42 Å². The Hall–Kier alpha value is -1.59. The second-order valence-electron chi connectivity index (χ2n) is 15.1. The van der Waals surface area contributed by atoms with E-state index in [1.165, 1.54) is 109 Å². The lowest BCUT2D eigenvalue weighted by atomic mass is 9.99. The average Bonchev–Trinajstić information content (AvgIpc) is 3.16. The molecule has 0 bridgehead atoms. The molecule has 1 rings (SSSR count). The van der Waals surface area contributed by atoms with Crippen molar-refractivity contribution >= 4 is 5.91 Å². The number of aliphatic hydroxyl groups is 5. The van der Waals surface area contributed by atoms with E-state index in [1.807, 2.05) is 6.08 Å². The molecule has 1 heterocycles. The van der Waals surface area contributed by atoms with Gasteiger partial charge in [0.2, 0.25) is 5.91 Å². The lowest BCUT2D eigenvalue weighted by molar-refractivity contribution is -0.302. The number of carbonyl (C=O) groups excluding carboxylic acids is 1. The lowest BCUT2D eigenvalue weighted by Crippen LogP contribution is -2.60. The number of amides is 1. The fourth-order valence-electron chi connectivity index (χ4n) is 6.62. The first-order valence-electron chi connectivity index (χ1n) is 21.7. The number of unbranched alkanes of at least 4 members (excludes halogenated alkanes) is 21. The van der Waals surface area contributed by atoms with Crippen molar-refractivity contribution in [3.63, 3.8) is 0 Å². The number of ether oxygens (including phenoxy) is 2. The van der Waals surface area contributed by atoms with Crippen molar-refractivity contribution < 1.29 is 39.8 Å².